The maximum atomic E-state index is 14.3. The first-order chi connectivity index (χ1) is 22.2. The largest absolute Gasteiger partial charge is 0.497 e. The molecule has 2 aromatic heterocycles. The van der Waals surface area contributed by atoms with Crippen molar-refractivity contribution in [3.63, 3.8) is 0 Å². The lowest BCUT2D eigenvalue weighted by atomic mass is 9.94. The number of nitrogens with zero attached hydrogens (tertiary/aromatic N) is 3. The minimum absolute atomic E-state index is 0.251. The van der Waals surface area contributed by atoms with Crippen LogP contribution in [0.5, 0.6) is 17.2 Å². The average molecular weight is 635 g/mol. The summed E-state index contributed by atoms with van der Waals surface area (Å²) in [5, 5.41) is 2.99. The molecule has 0 saturated heterocycles. The molecule has 10 heteroatoms. The van der Waals surface area contributed by atoms with Crippen LogP contribution in [-0.4, -0.2) is 36.4 Å². The van der Waals surface area contributed by atoms with Crippen molar-refractivity contribution in [2.75, 3.05) is 26.6 Å². The molecule has 3 heterocycles. The standard InChI is InChI=1S/C36H34N4O5S/c1-21-18-24(23(3)39(21)26-12-14-27(43-4)15-13-26)19-31-35(42)40-33(29-17-16-28(44-5)20-30(29)45-6)32(22(2)37-36(40)46-31)34(41)38-25-10-8-7-9-11-25/h7-20,33H,1-6H3,(H,38,41)/b31-19-/t33-/m0/s1. The van der Waals surface area contributed by atoms with E-state index in [-0.39, 0.29) is 11.5 Å². The predicted octanol–water partition coefficient (Wildman–Crippen LogP) is 5.31. The van der Waals surface area contributed by atoms with Crippen LogP contribution in [0.1, 0.15) is 35.5 Å². The molecule has 0 fully saturated rings. The number of hydrogen-bond donors (Lipinski definition) is 1. The number of hydrogen-bond acceptors (Lipinski definition) is 7. The Labute approximate surface area is 270 Å². The minimum atomic E-state index is -0.797. The zero-order valence-corrected chi connectivity index (χ0v) is 27.3. The first kappa shape index (κ1) is 30.7. The number of fused-ring (bicyclic) bond motifs is 1. The van der Waals surface area contributed by atoms with Crippen LogP contribution in [-0.2, 0) is 4.79 Å². The summed E-state index contributed by atoms with van der Waals surface area (Å²) in [4.78, 5) is 33.6. The predicted molar refractivity (Wildman–Crippen MR) is 180 cm³/mol. The van der Waals surface area contributed by atoms with Crippen molar-refractivity contribution < 1.29 is 19.0 Å². The number of carbonyl (C=O) groups excluding carboxylic acids is 1. The number of allylic oxidation sites excluding steroid dienone is 1. The molecule has 1 aliphatic heterocycles. The third-order valence-electron chi connectivity index (χ3n) is 8.12. The second kappa shape index (κ2) is 12.6. The van der Waals surface area contributed by atoms with Crippen LogP contribution in [0.3, 0.4) is 0 Å². The Morgan fingerprint density at radius 3 is 2.26 bits per heavy atom. The lowest BCUT2D eigenvalue weighted by Gasteiger charge is -2.26. The lowest BCUT2D eigenvalue weighted by molar-refractivity contribution is -0.113. The van der Waals surface area contributed by atoms with E-state index in [1.54, 1.807) is 45.0 Å². The molecule has 9 nitrogen and oxygen atoms in total. The van der Waals surface area contributed by atoms with Crippen LogP contribution in [0.4, 0.5) is 5.69 Å². The van der Waals surface area contributed by atoms with Crippen molar-refractivity contribution >= 4 is 29.0 Å². The fourth-order valence-electron chi connectivity index (χ4n) is 5.87. The summed E-state index contributed by atoms with van der Waals surface area (Å²) in [5.41, 5.74) is 5.81. The van der Waals surface area contributed by atoms with E-state index in [2.05, 4.69) is 16.0 Å². The Morgan fingerprint density at radius 1 is 0.891 bits per heavy atom. The number of carbonyl (C=O) groups is 1. The number of benzene rings is 3. The molecule has 46 heavy (non-hydrogen) atoms. The number of amides is 1. The van der Waals surface area contributed by atoms with E-state index in [1.807, 2.05) is 80.6 Å². The average Bonchev–Trinajstić information content (AvgIpc) is 3.53. The number of thiazole rings is 1. The number of nitrogens with one attached hydrogen (secondary N) is 1. The Morgan fingerprint density at radius 2 is 1.59 bits per heavy atom. The fourth-order valence-corrected chi connectivity index (χ4v) is 6.91. The van der Waals surface area contributed by atoms with Gasteiger partial charge < -0.3 is 24.1 Å². The third kappa shape index (κ3) is 5.52. The Bertz CT molecular complexity index is 2160. The van der Waals surface area contributed by atoms with Crippen LogP contribution in [0.25, 0.3) is 11.8 Å². The number of aromatic nitrogens is 2. The van der Waals surface area contributed by atoms with Crippen LogP contribution < -0.4 is 34.4 Å². The molecule has 5 aromatic rings. The zero-order chi connectivity index (χ0) is 32.5. The molecule has 1 N–H and O–H groups in total. The summed E-state index contributed by atoms with van der Waals surface area (Å²) in [6.45, 7) is 5.86. The molecule has 1 aliphatic rings. The van der Waals surface area contributed by atoms with Gasteiger partial charge in [-0.05, 0) is 87.0 Å². The normalized spacial score (nSPS) is 14.5. The molecule has 0 bridgehead atoms. The van der Waals surface area contributed by atoms with Gasteiger partial charge >= 0.3 is 0 Å². The first-order valence-corrected chi connectivity index (χ1v) is 15.5. The topological polar surface area (TPSA) is 96.1 Å². The quantitative estimate of drug-likeness (QED) is 0.250. The molecule has 6 rings (SSSR count). The van der Waals surface area contributed by atoms with Crippen molar-refractivity contribution in [3.05, 3.63) is 132 Å². The van der Waals surface area contributed by atoms with Gasteiger partial charge in [0.05, 0.1) is 37.1 Å². The summed E-state index contributed by atoms with van der Waals surface area (Å²) >= 11 is 1.29. The fraction of sp³-hybridized carbons (Fsp3) is 0.194. The van der Waals surface area contributed by atoms with Gasteiger partial charge in [-0.25, -0.2) is 4.99 Å². The molecule has 1 amide bonds. The number of methoxy groups -OCH3 is 3. The van der Waals surface area contributed by atoms with Gasteiger partial charge in [0.25, 0.3) is 11.5 Å². The van der Waals surface area contributed by atoms with E-state index in [1.165, 1.54) is 11.3 Å². The van der Waals surface area contributed by atoms with E-state index >= 15 is 0 Å². The Kier molecular flexibility index (Phi) is 8.38. The number of anilines is 1. The van der Waals surface area contributed by atoms with Gasteiger partial charge in [-0.3, -0.25) is 14.2 Å². The van der Waals surface area contributed by atoms with Crippen LogP contribution in [0, 0.1) is 13.8 Å². The third-order valence-corrected chi connectivity index (χ3v) is 9.10. The van der Waals surface area contributed by atoms with Crippen LogP contribution in [0.15, 0.2) is 99.9 Å². The Balaban J connectivity index is 1.51. The highest BCUT2D eigenvalue weighted by Gasteiger charge is 2.34. The number of aryl methyl sites for hydroxylation is 1. The van der Waals surface area contributed by atoms with Gasteiger partial charge in [-0.1, -0.05) is 29.5 Å². The maximum Gasteiger partial charge on any atom is 0.271 e. The van der Waals surface area contributed by atoms with E-state index < -0.39 is 6.04 Å². The van der Waals surface area contributed by atoms with E-state index in [9.17, 15) is 9.59 Å². The molecular weight excluding hydrogens is 600 g/mol. The lowest BCUT2D eigenvalue weighted by Crippen LogP contribution is -2.40. The summed E-state index contributed by atoms with van der Waals surface area (Å²) in [6.07, 6.45) is 1.90. The maximum absolute atomic E-state index is 14.3. The molecular formula is C36H34N4O5S. The van der Waals surface area contributed by atoms with Crippen molar-refractivity contribution in [2.45, 2.75) is 26.8 Å². The van der Waals surface area contributed by atoms with Gasteiger partial charge in [0, 0.05) is 34.4 Å². The van der Waals surface area contributed by atoms with Gasteiger partial charge in [-0.2, -0.15) is 0 Å². The molecule has 0 spiro atoms. The van der Waals surface area contributed by atoms with E-state index in [0.717, 1.165) is 28.4 Å². The van der Waals surface area contributed by atoms with Gasteiger partial charge in [0.15, 0.2) is 4.80 Å². The smallest absolute Gasteiger partial charge is 0.271 e. The van der Waals surface area contributed by atoms with Crippen molar-refractivity contribution in [1.29, 1.82) is 0 Å². The molecule has 0 aliphatic carbocycles. The number of ether oxygens (including phenoxy) is 3. The monoisotopic (exact) mass is 634 g/mol. The van der Waals surface area contributed by atoms with Crippen LogP contribution in [0.2, 0.25) is 0 Å². The minimum Gasteiger partial charge on any atom is -0.497 e. The number of rotatable bonds is 8. The second-order valence-electron chi connectivity index (χ2n) is 10.9. The SMILES string of the molecule is COc1ccc(-n2c(C)cc(/C=c3\sc4n(c3=O)[C@@H](c3ccc(OC)cc3OC)C(C(=O)Nc3ccccc3)=C(C)N=4)c2C)cc1. The highest BCUT2D eigenvalue weighted by molar-refractivity contribution is 7.07. The molecule has 3 aromatic carbocycles. The summed E-state index contributed by atoms with van der Waals surface area (Å²) in [7, 11) is 4.78. The van der Waals surface area contributed by atoms with Crippen molar-refractivity contribution in [2.24, 2.45) is 4.99 Å². The van der Waals surface area contributed by atoms with Crippen molar-refractivity contribution in [3.8, 4) is 22.9 Å². The Hall–Kier alpha value is -5.35. The highest BCUT2D eigenvalue weighted by atomic mass is 32.1. The van der Waals surface area contributed by atoms with E-state index in [0.29, 0.717) is 43.4 Å². The summed E-state index contributed by atoms with van der Waals surface area (Å²) < 4.78 is 20.8. The van der Waals surface area contributed by atoms with Gasteiger partial charge in [-0.15, -0.1) is 0 Å². The number of para-hydroxylation sites is 1. The summed E-state index contributed by atoms with van der Waals surface area (Å²) in [5.74, 6) is 1.51. The second-order valence-corrected chi connectivity index (χ2v) is 11.9. The van der Waals surface area contributed by atoms with Gasteiger partial charge in [0.2, 0.25) is 0 Å². The molecule has 0 unspecified atom stereocenters. The molecule has 1 atom stereocenters. The zero-order valence-electron chi connectivity index (χ0n) is 26.5. The molecule has 234 valence electrons. The highest BCUT2D eigenvalue weighted by Crippen LogP contribution is 2.37. The van der Waals surface area contributed by atoms with Crippen LogP contribution >= 0.6 is 11.3 Å². The van der Waals surface area contributed by atoms with Gasteiger partial charge in [0.1, 0.15) is 23.3 Å². The molecule has 0 saturated carbocycles. The van der Waals surface area contributed by atoms with Crippen molar-refractivity contribution in [1.82, 2.24) is 9.13 Å². The molecule has 0 radical (unpaired) electrons. The van der Waals surface area contributed by atoms with E-state index in [4.69, 9.17) is 19.2 Å². The first-order valence-electron chi connectivity index (χ1n) is 14.7. The summed E-state index contributed by atoms with van der Waals surface area (Å²) in [6, 6.07) is 23.7.